The number of benzene rings is 1. The highest BCUT2D eigenvalue weighted by atomic mass is 35.5. The lowest BCUT2D eigenvalue weighted by atomic mass is 9.96. The summed E-state index contributed by atoms with van der Waals surface area (Å²) in [5.74, 6) is -0.320. The number of rotatable bonds is 5. The fourth-order valence-electron chi connectivity index (χ4n) is 2.63. The normalized spacial score (nSPS) is 20.2. The van der Waals surface area contributed by atoms with Crippen LogP contribution in [-0.4, -0.2) is 29.9 Å². The zero-order valence-electron chi connectivity index (χ0n) is 13.0. The number of carbonyl (C=O) groups is 2. The summed E-state index contributed by atoms with van der Waals surface area (Å²) in [6.07, 6.45) is 2.04. The lowest BCUT2D eigenvalue weighted by Crippen LogP contribution is -2.55. The third kappa shape index (κ3) is 3.99. The number of anilines is 1. The van der Waals surface area contributed by atoms with Crippen LogP contribution in [0.3, 0.4) is 0 Å². The van der Waals surface area contributed by atoms with Crippen molar-refractivity contribution in [3.8, 4) is 0 Å². The van der Waals surface area contributed by atoms with E-state index >= 15 is 0 Å². The molecule has 0 radical (unpaired) electrons. The number of carbonyl (C=O) groups excluding carboxylic acids is 2. The maximum atomic E-state index is 12.4. The van der Waals surface area contributed by atoms with Gasteiger partial charge in [-0.05, 0) is 31.9 Å². The molecular weight excluding hydrogens is 302 g/mol. The molecule has 1 aliphatic heterocycles. The second kappa shape index (κ2) is 7.61. The van der Waals surface area contributed by atoms with Crippen LogP contribution < -0.4 is 16.0 Å². The molecule has 2 rings (SSSR count). The van der Waals surface area contributed by atoms with Crippen LogP contribution in [0, 0.1) is 0 Å². The van der Waals surface area contributed by atoms with Gasteiger partial charge in [0.25, 0.3) is 0 Å². The first kappa shape index (κ1) is 18.5. The largest absolute Gasteiger partial charge is 0.343 e. The van der Waals surface area contributed by atoms with Gasteiger partial charge in [-0.1, -0.05) is 31.5 Å². The summed E-state index contributed by atoms with van der Waals surface area (Å²) < 4.78 is 0. The highest BCUT2D eigenvalue weighted by molar-refractivity contribution is 6.02. The number of amides is 2. The summed E-state index contributed by atoms with van der Waals surface area (Å²) >= 11 is 0. The molecule has 1 aromatic carbocycles. The zero-order chi connectivity index (χ0) is 15.5. The average Bonchev–Trinajstić information content (AvgIpc) is 2.81. The van der Waals surface area contributed by atoms with Crippen LogP contribution >= 0.6 is 12.4 Å². The molecule has 22 heavy (non-hydrogen) atoms. The third-order valence-electron chi connectivity index (χ3n) is 3.87. The van der Waals surface area contributed by atoms with Crippen molar-refractivity contribution in [1.29, 1.82) is 0 Å². The van der Waals surface area contributed by atoms with Crippen LogP contribution in [0.1, 0.15) is 33.1 Å². The van der Waals surface area contributed by atoms with Crippen molar-refractivity contribution in [2.24, 2.45) is 5.73 Å². The van der Waals surface area contributed by atoms with Gasteiger partial charge in [-0.15, -0.1) is 12.4 Å². The highest BCUT2D eigenvalue weighted by Crippen LogP contribution is 2.21. The molecule has 2 atom stereocenters. The highest BCUT2D eigenvalue weighted by Gasteiger charge is 2.36. The first-order valence-corrected chi connectivity index (χ1v) is 7.42. The molecule has 1 fully saturated rings. The Morgan fingerprint density at radius 1 is 1.41 bits per heavy atom. The Bertz CT molecular complexity index is 519. The standard InChI is InChI=1S/C16H23N3O2.ClH/c1-3-10-16(2,17)15(21)18-13-9-11-19(14(13)20)12-7-5-4-6-8-12;/h4-8,13H,3,9-11,17H2,1-2H3,(H,18,21);1H. The topological polar surface area (TPSA) is 75.4 Å². The van der Waals surface area contributed by atoms with Crippen molar-refractivity contribution >= 4 is 29.9 Å². The van der Waals surface area contributed by atoms with Gasteiger partial charge in [0.05, 0.1) is 5.54 Å². The molecule has 0 bridgehead atoms. The summed E-state index contributed by atoms with van der Waals surface area (Å²) in [6, 6.07) is 9.02. The van der Waals surface area contributed by atoms with Gasteiger partial charge in [0.2, 0.25) is 11.8 Å². The molecule has 5 nitrogen and oxygen atoms in total. The minimum absolute atomic E-state index is 0. The Kier molecular flexibility index (Phi) is 6.38. The SMILES string of the molecule is CCCC(C)(N)C(=O)NC1CCN(c2ccccc2)C1=O.Cl. The minimum atomic E-state index is -0.921. The van der Waals surface area contributed by atoms with E-state index in [-0.39, 0.29) is 24.2 Å². The van der Waals surface area contributed by atoms with E-state index in [1.807, 2.05) is 37.3 Å². The molecule has 6 heteroatoms. The number of hydrogen-bond donors (Lipinski definition) is 2. The molecule has 1 heterocycles. The predicted octanol–water partition coefficient (Wildman–Crippen LogP) is 1.85. The van der Waals surface area contributed by atoms with Crippen molar-refractivity contribution < 1.29 is 9.59 Å². The molecule has 2 unspecified atom stereocenters. The number of nitrogens with one attached hydrogen (secondary N) is 1. The molecule has 1 aliphatic rings. The third-order valence-corrected chi connectivity index (χ3v) is 3.87. The first-order valence-electron chi connectivity index (χ1n) is 7.42. The fourth-order valence-corrected chi connectivity index (χ4v) is 2.63. The molecule has 1 aromatic rings. The molecule has 3 N–H and O–H groups in total. The van der Waals surface area contributed by atoms with Gasteiger partial charge in [0.15, 0.2) is 0 Å². The van der Waals surface area contributed by atoms with Crippen molar-refractivity contribution in [1.82, 2.24) is 5.32 Å². The Balaban J connectivity index is 0.00000242. The van der Waals surface area contributed by atoms with Gasteiger partial charge in [0.1, 0.15) is 6.04 Å². The van der Waals surface area contributed by atoms with E-state index in [4.69, 9.17) is 5.73 Å². The minimum Gasteiger partial charge on any atom is -0.343 e. The van der Waals surface area contributed by atoms with E-state index in [0.29, 0.717) is 19.4 Å². The van der Waals surface area contributed by atoms with E-state index in [9.17, 15) is 9.59 Å². The van der Waals surface area contributed by atoms with E-state index < -0.39 is 11.6 Å². The second-order valence-electron chi connectivity index (χ2n) is 5.81. The number of hydrogen-bond acceptors (Lipinski definition) is 3. The summed E-state index contributed by atoms with van der Waals surface area (Å²) in [4.78, 5) is 26.3. The van der Waals surface area contributed by atoms with Gasteiger partial charge >= 0.3 is 0 Å². The van der Waals surface area contributed by atoms with Gasteiger partial charge < -0.3 is 16.0 Å². The molecule has 1 saturated heterocycles. The summed E-state index contributed by atoms with van der Waals surface area (Å²) in [5, 5.41) is 2.80. The van der Waals surface area contributed by atoms with Gasteiger partial charge in [-0.3, -0.25) is 9.59 Å². The average molecular weight is 326 g/mol. The van der Waals surface area contributed by atoms with Crippen molar-refractivity contribution in [3.63, 3.8) is 0 Å². The van der Waals surface area contributed by atoms with Crippen molar-refractivity contribution in [2.45, 2.75) is 44.7 Å². The van der Waals surface area contributed by atoms with E-state index in [1.165, 1.54) is 0 Å². The zero-order valence-corrected chi connectivity index (χ0v) is 13.9. The summed E-state index contributed by atoms with van der Waals surface area (Å²) in [5.41, 5.74) is 5.95. The molecule has 122 valence electrons. The first-order chi connectivity index (χ1) is 9.95. The molecule has 2 amide bonds. The van der Waals surface area contributed by atoms with Gasteiger partial charge in [-0.25, -0.2) is 0 Å². The van der Waals surface area contributed by atoms with E-state index in [2.05, 4.69) is 5.32 Å². The number of para-hydroxylation sites is 1. The van der Waals surface area contributed by atoms with Crippen LogP contribution in [0.4, 0.5) is 5.69 Å². The number of nitrogens with zero attached hydrogens (tertiary/aromatic N) is 1. The molecular formula is C16H24ClN3O2. The van der Waals surface area contributed by atoms with Crippen LogP contribution in [0.25, 0.3) is 0 Å². The molecule has 0 saturated carbocycles. The summed E-state index contributed by atoms with van der Waals surface area (Å²) in [7, 11) is 0. The van der Waals surface area contributed by atoms with Crippen molar-refractivity contribution in [3.05, 3.63) is 30.3 Å². The lowest BCUT2D eigenvalue weighted by molar-refractivity contribution is -0.130. The monoisotopic (exact) mass is 325 g/mol. The smallest absolute Gasteiger partial charge is 0.249 e. The van der Waals surface area contributed by atoms with Gasteiger partial charge in [-0.2, -0.15) is 0 Å². The Hall–Kier alpha value is -1.59. The predicted molar refractivity (Wildman–Crippen MR) is 90.1 cm³/mol. The Labute approximate surface area is 137 Å². The molecule has 0 aliphatic carbocycles. The van der Waals surface area contributed by atoms with Gasteiger partial charge in [0, 0.05) is 12.2 Å². The lowest BCUT2D eigenvalue weighted by Gasteiger charge is -2.25. The van der Waals surface area contributed by atoms with Crippen molar-refractivity contribution in [2.75, 3.05) is 11.4 Å². The number of halogens is 1. The summed E-state index contributed by atoms with van der Waals surface area (Å²) in [6.45, 7) is 4.30. The molecule has 0 aromatic heterocycles. The second-order valence-corrected chi connectivity index (χ2v) is 5.81. The van der Waals surface area contributed by atoms with E-state index in [0.717, 1.165) is 12.1 Å². The van der Waals surface area contributed by atoms with Crippen LogP contribution in [0.5, 0.6) is 0 Å². The maximum Gasteiger partial charge on any atom is 0.249 e. The van der Waals surface area contributed by atoms with Crippen LogP contribution in [0.15, 0.2) is 30.3 Å². The number of nitrogens with two attached hydrogens (primary N) is 1. The Morgan fingerprint density at radius 2 is 2.05 bits per heavy atom. The Morgan fingerprint density at radius 3 is 2.64 bits per heavy atom. The fraction of sp³-hybridized carbons (Fsp3) is 0.500. The van der Waals surface area contributed by atoms with Crippen LogP contribution in [-0.2, 0) is 9.59 Å². The van der Waals surface area contributed by atoms with Crippen LogP contribution in [0.2, 0.25) is 0 Å². The van der Waals surface area contributed by atoms with E-state index in [1.54, 1.807) is 11.8 Å². The maximum absolute atomic E-state index is 12.4. The molecule has 0 spiro atoms. The quantitative estimate of drug-likeness (QED) is 0.867.